The highest BCUT2D eigenvalue weighted by atomic mass is 16.3. The zero-order valence-corrected chi connectivity index (χ0v) is 9.11. The molecule has 0 spiro atoms. The number of anilines is 1. The van der Waals surface area contributed by atoms with E-state index in [1.807, 2.05) is 19.2 Å². The molecule has 0 saturated heterocycles. The van der Waals surface area contributed by atoms with Gasteiger partial charge in [0.2, 0.25) is 0 Å². The van der Waals surface area contributed by atoms with E-state index in [-0.39, 0.29) is 6.10 Å². The fraction of sp³-hybridized carbons (Fsp3) is 0.583. The summed E-state index contributed by atoms with van der Waals surface area (Å²) in [6.45, 7) is 2.04. The van der Waals surface area contributed by atoms with Crippen molar-refractivity contribution in [2.45, 2.75) is 44.8 Å². The van der Waals surface area contributed by atoms with Gasteiger partial charge in [-0.15, -0.1) is 0 Å². The van der Waals surface area contributed by atoms with Crippen molar-refractivity contribution in [2.24, 2.45) is 0 Å². The predicted molar refractivity (Wildman–Crippen MR) is 60.9 cm³/mol. The molecule has 2 N–H and O–H groups in total. The first kappa shape index (κ1) is 10.4. The SMILES string of the molecule is Cc1ccc(N[C@H]2CC[C@H](O)CC2)nc1. The van der Waals surface area contributed by atoms with Gasteiger partial charge in [0.25, 0.3) is 0 Å². The summed E-state index contributed by atoms with van der Waals surface area (Å²) in [7, 11) is 0. The molecule has 1 aliphatic carbocycles. The Morgan fingerprint density at radius 3 is 2.60 bits per heavy atom. The van der Waals surface area contributed by atoms with Crippen molar-refractivity contribution in [3.8, 4) is 0 Å². The van der Waals surface area contributed by atoms with Crippen LogP contribution in [0.25, 0.3) is 0 Å². The third kappa shape index (κ3) is 2.93. The second-order valence-corrected chi connectivity index (χ2v) is 4.37. The summed E-state index contributed by atoms with van der Waals surface area (Å²) in [6.07, 6.45) is 5.68. The Balaban J connectivity index is 1.89. The highest BCUT2D eigenvalue weighted by molar-refractivity contribution is 5.36. The molecule has 1 aliphatic rings. The number of hydrogen-bond acceptors (Lipinski definition) is 3. The lowest BCUT2D eigenvalue weighted by atomic mass is 9.93. The number of aliphatic hydroxyl groups excluding tert-OH is 1. The van der Waals surface area contributed by atoms with Crippen molar-refractivity contribution in [3.05, 3.63) is 23.9 Å². The minimum atomic E-state index is -0.0889. The summed E-state index contributed by atoms with van der Waals surface area (Å²) in [6, 6.07) is 4.55. The average molecular weight is 206 g/mol. The van der Waals surface area contributed by atoms with E-state index in [0.29, 0.717) is 6.04 Å². The lowest BCUT2D eigenvalue weighted by molar-refractivity contribution is 0.126. The molecule has 0 amide bonds. The van der Waals surface area contributed by atoms with Crippen molar-refractivity contribution >= 4 is 5.82 Å². The second-order valence-electron chi connectivity index (χ2n) is 4.37. The van der Waals surface area contributed by atoms with E-state index in [2.05, 4.69) is 16.4 Å². The lowest BCUT2D eigenvalue weighted by Crippen LogP contribution is -2.28. The van der Waals surface area contributed by atoms with E-state index in [9.17, 15) is 5.11 Å². The molecule has 1 heterocycles. The number of aryl methyl sites for hydroxylation is 1. The van der Waals surface area contributed by atoms with Crippen LogP contribution in [0.15, 0.2) is 18.3 Å². The molecule has 1 saturated carbocycles. The fourth-order valence-corrected chi connectivity index (χ4v) is 1.98. The highest BCUT2D eigenvalue weighted by Crippen LogP contribution is 2.21. The van der Waals surface area contributed by atoms with E-state index >= 15 is 0 Å². The van der Waals surface area contributed by atoms with Gasteiger partial charge >= 0.3 is 0 Å². The number of nitrogens with one attached hydrogen (secondary N) is 1. The van der Waals surface area contributed by atoms with Gasteiger partial charge in [0.05, 0.1) is 6.10 Å². The van der Waals surface area contributed by atoms with Gasteiger partial charge in [0.1, 0.15) is 5.82 Å². The smallest absolute Gasteiger partial charge is 0.126 e. The van der Waals surface area contributed by atoms with Crippen LogP contribution in [0.3, 0.4) is 0 Å². The zero-order chi connectivity index (χ0) is 10.7. The quantitative estimate of drug-likeness (QED) is 0.779. The number of aliphatic hydroxyl groups is 1. The van der Waals surface area contributed by atoms with E-state index in [0.717, 1.165) is 31.5 Å². The largest absolute Gasteiger partial charge is 0.393 e. The second kappa shape index (κ2) is 4.62. The standard InChI is InChI=1S/C12H18N2O/c1-9-2-7-12(13-8-9)14-10-3-5-11(15)6-4-10/h2,7-8,10-11,15H,3-6H2,1H3,(H,13,14)/t10-,11-. The van der Waals surface area contributed by atoms with E-state index in [1.165, 1.54) is 5.56 Å². The highest BCUT2D eigenvalue weighted by Gasteiger charge is 2.18. The molecule has 0 aliphatic heterocycles. The van der Waals surface area contributed by atoms with Crippen molar-refractivity contribution in [1.29, 1.82) is 0 Å². The third-order valence-corrected chi connectivity index (χ3v) is 2.96. The van der Waals surface area contributed by atoms with Gasteiger partial charge in [-0.05, 0) is 44.2 Å². The van der Waals surface area contributed by atoms with Gasteiger partial charge in [-0.1, -0.05) is 6.07 Å². The lowest BCUT2D eigenvalue weighted by Gasteiger charge is -2.26. The Labute approximate surface area is 90.5 Å². The molecule has 2 rings (SSSR count). The Morgan fingerprint density at radius 2 is 2.00 bits per heavy atom. The Morgan fingerprint density at radius 1 is 1.27 bits per heavy atom. The maximum Gasteiger partial charge on any atom is 0.126 e. The van der Waals surface area contributed by atoms with Crippen molar-refractivity contribution in [2.75, 3.05) is 5.32 Å². The summed E-state index contributed by atoms with van der Waals surface area (Å²) < 4.78 is 0. The molecule has 1 aromatic rings. The van der Waals surface area contributed by atoms with Crippen LogP contribution in [-0.4, -0.2) is 22.2 Å². The van der Waals surface area contributed by atoms with Crippen LogP contribution in [0.1, 0.15) is 31.2 Å². The van der Waals surface area contributed by atoms with Gasteiger partial charge in [-0.3, -0.25) is 0 Å². The molecule has 3 nitrogen and oxygen atoms in total. The first-order valence-electron chi connectivity index (χ1n) is 5.61. The number of rotatable bonds is 2. The number of aromatic nitrogens is 1. The molecule has 0 unspecified atom stereocenters. The normalized spacial score (nSPS) is 26.3. The third-order valence-electron chi connectivity index (χ3n) is 2.96. The van der Waals surface area contributed by atoms with Crippen molar-refractivity contribution in [3.63, 3.8) is 0 Å². The molecular weight excluding hydrogens is 188 g/mol. The van der Waals surface area contributed by atoms with Crippen LogP contribution in [-0.2, 0) is 0 Å². The average Bonchev–Trinajstić information content (AvgIpc) is 2.25. The molecule has 0 bridgehead atoms. The van der Waals surface area contributed by atoms with Gasteiger partial charge < -0.3 is 10.4 Å². The number of hydrogen-bond donors (Lipinski definition) is 2. The molecular formula is C12H18N2O. The van der Waals surface area contributed by atoms with E-state index < -0.39 is 0 Å². The van der Waals surface area contributed by atoms with Crippen LogP contribution < -0.4 is 5.32 Å². The minimum absolute atomic E-state index is 0.0889. The van der Waals surface area contributed by atoms with Crippen LogP contribution >= 0.6 is 0 Å². The Bertz CT molecular complexity index is 302. The molecule has 0 aromatic carbocycles. The first-order valence-corrected chi connectivity index (χ1v) is 5.61. The zero-order valence-electron chi connectivity index (χ0n) is 9.11. The van der Waals surface area contributed by atoms with Crippen LogP contribution in [0.2, 0.25) is 0 Å². The van der Waals surface area contributed by atoms with Gasteiger partial charge in [0.15, 0.2) is 0 Å². The maximum atomic E-state index is 9.39. The monoisotopic (exact) mass is 206 g/mol. The first-order chi connectivity index (χ1) is 7.24. The molecule has 1 aromatic heterocycles. The summed E-state index contributed by atoms with van der Waals surface area (Å²) in [4.78, 5) is 4.32. The van der Waals surface area contributed by atoms with Crippen LogP contribution in [0, 0.1) is 6.92 Å². The Hall–Kier alpha value is -1.09. The summed E-state index contributed by atoms with van der Waals surface area (Å²) in [5.41, 5.74) is 1.18. The van der Waals surface area contributed by atoms with Gasteiger partial charge in [-0.2, -0.15) is 0 Å². The topological polar surface area (TPSA) is 45.1 Å². The van der Waals surface area contributed by atoms with Crippen molar-refractivity contribution in [1.82, 2.24) is 4.98 Å². The Kier molecular flexibility index (Phi) is 3.21. The fourth-order valence-electron chi connectivity index (χ4n) is 1.98. The van der Waals surface area contributed by atoms with Gasteiger partial charge in [0, 0.05) is 12.2 Å². The number of pyridine rings is 1. The summed E-state index contributed by atoms with van der Waals surface area (Å²) in [5.74, 6) is 0.946. The molecule has 0 atom stereocenters. The van der Waals surface area contributed by atoms with E-state index in [1.54, 1.807) is 0 Å². The van der Waals surface area contributed by atoms with Crippen molar-refractivity contribution < 1.29 is 5.11 Å². The molecule has 82 valence electrons. The van der Waals surface area contributed by atoms with E-state index in [4.69, 9.17) is 0 Å². The predicted octanol–water partition coefficient (Wildman–Crippen LogP) is 2.11. The number of nitrogens with zero attached hydrogens (tertiary/aromatic N) is 1. The summed E-state index contributed by atoms with van der Waals surface area (Å²) >= 11 is 0. The molecule has 1 fully saturated rings. The molecule has 15 heavy (non-hydrogen) atoms. The summed E-state index contributed by atoms with van der Waals surface area (Å²) in [5, 5.41) is 12.8. The molecule has 3 heteroatoms. The minimum Gasteiger partial charge on any atom is -0.393 e. The van der Waals surface area contributed by atoms with Gasteiger partial charge in [-0.25, -0.2) is 4.98 Å². The van der Waals surface area contributed by atoms with Crippen LogP contribution in [0.4, 0.5) is 5.82 Å². The molecule has 0 radical (unpaired) electrons. The van der Waals surface area contributed by atoms with Crippen LogP contribution in [0.5, 0.6) is 0 Å². The maximum absolute atomic E-state index is 9.39.